The van der Waals surface area contributed by atoms with Gasteiger partial charge >= 0.3 is 0 Å². The summed E-state index contributed by atoms with van der Waals surface area (Å²) >= 11 is 0. The van der Waals surface area contributed by atoms with Crippen molar-refractivity contribution < 1.29 is 4.39 Å². The fourth-order valence-electron chi connectivity index (χ4n) is 4.03. The fraction of sp³-hybridized carbons (Fsp3) is 0.556. The zero-order valence-corrected chi connectivity index (χ0v) is 13.9. The second kappa shape index (κ2) is 6.89. The molecule has 0 bridgehead atoms. The normalized spacial score (nSPS) is 20.5. The molecule has 1 aliphatic carbocycles. The molecule has 1 aliphatic heterocycles. The van der Waals surface area contributed by atoms with E-state index in [4.69, 9.17) is 0 Å². The van der Waals surface area contributed by atoms with Gasteiger partial charge < -0.3 is 4.90 Å². The van der Waals surface area contributed by atoms with Crippen molar-refractivity contribution in [1.82, 2.24) is 20.1 Å². The van der Waals surface area contributed by atoms with Crippen LogP contribution in [0.3, 0.4) is 0 Å². The van der Waals surface area contributed by atoms with Gasteiger partial charge in [-0.3, -0.25) is 10.00 Å². The van der Waals surface area contributed by atoms with Crippen LogP contribution in [0.15, 0.2) is 24.5 Å². The number of nitrogens with one attached hydrogen (secondary N) is 1. The van der Waals surface area contributed by atoms with Crippen molar-refractivity contribution in [2.24, 2.45) is 0 Å². The van der Waals surface area contributed by atoms with Gasteiger partial charge in [-0.05, 0) is 31.0 Å². The fourth-order valence-corrected chi connectivity index (χ4v) is 4.03. The Morgan fingerprint density at radius 3 is 2.50 bits per heavy atom. The summed E-state index contributed by atoms with van der Waals surface area (Å²) in [6, 6.07) is 6.07. The minimum atomic E-state index is -0.185. The lowest BCUT2D eigenvalue weighted by molar-refractivity contribution is 0.147. The molecule has 2 aromatic rings. The van der Waals surface area contributed by atoms with Crippen molar-refractivity contribution >= 4 is 5.69 Å². The molecule has 2 fully saturated rings. The summed E-state index contributed by atoms with van der Waals surface area (Å²) in [5.74, 6) is 0.414. The van der Waals surface area contributed by atoms with Gasteiger partial charge in [-0.15, -0.1) is 0 Å². The van der Waals surface area contributed by atoms with Crippen molar-refractivity contribution in [3.05, 3.63) is 30.3 Å². The molecule has 128 valence electrons. The number of halogens is 1. The van der Waals surface area contributed by atoms with Gasteiger partial charge in [0.15, 0.2) is 5.82 Å². The average Bonchev–Trinajstić information content (AvgIpc) is 3.17. The quantitative estimate of drug-likeness (QED) is 0.940. The summed E-state index contributed by atoms with van der Waals surface area (Å²) in [6.07, 6.45) is 8.22. The minimum Gasteiger partial charge on any atom is -0.367 e. The van der Waals surface area contributed by atoms with Gasteiger partial charge in [-0.25, -0.2) is 9.37 Å². The number of hydrogen-bond acceptors (Lipinski definition) is 4. The van der Waals surface area contributed by atoms with Crippen molar-refractivity contribution in [3.8, 4) is 11.4 Å². The average molecular weight is 329 g/mol. The molecule has 1 saturated heterocycles. The number of nitrogens with zero attached hydrogens (tertiary/aromatic N) is 4. The van der Waals surface area contributed by atoms with Crippen molar-refractivity contribution in [1.29, 1.82) is 0 Å². The largest absolute Gasteiger partial charge is 0.367 e. The van der Waals surface area contributed by atoms with E-state index < -0.39 is 0 Å². The zero-order chi connectivity index (χ0) is 16.4. The summed E-state index contributed by atoms with van der Waals surface area (Å²) in [6.45, 7) is 3.87. The van der Waals surface area contributed by atoms with E-state index in [1.165, 1.54) is 38.4 Å². The maximum atomic E-state index is 14.6. The first-order valence-corrected chi connectivity index (χ1v) is 8.95. The van der Waals surface area contributed by atoms with Crippen molar-refractivity contribution in [2.75, 3.05) is 31.1 Å². The predicted octanol–water partition coefficient (Wildman–Crippen LogP) is 3.07. The lowest BCUT2D eigenvalue weighted by atomic mass is 9.94. The SMILES string of the molecule is Fc1cc(-c2ncn[nH]2)ccc1N1CCN(C2CCCCC2)CC1. The first-order valence-electron chi connectivity index (χ1n) is 8.95. The van der Waals surface area contributed by atoms with E-state index >= 15 is 0 Å². The number of piperazine rings is 1. The summed E-state index contributed by atoms with van der Waals surface area (Å²) in [5.41, 5.74) is 1.43. The Kier molecular flexibility index (Phi) is 4.47. The van der Waals surface area contributed by atoms with E-state index in [9.17, 15) is 4.39 Å². The van der Waals surface area contributed by atoms with Crippen LogP contribution >= 0.6 is 0 Å². The topological polar surface area (TPSA) is 48.1 Å². The molecule has 4 rings (SSSR count). The Morgan fingerprint density at radius 2 is 1.83 bits per heavy atom. The zero-order valence-electron chi connectivity index (χ0n) is 13.9. The standard InChI is InChI=1S/C18H24FN5/c19-16-12-14(18-20-13-21-22-18)6-7-17(16)24-10-8-23(9-11-24)15-4-2-1-3-5-15/h6-7,12-13,15H,1-5,8-11H2,(H,20,21,22). The molecule has 0 spiro atoms. The predicted molar refractivity (Wildman–Crippen MR) is 92.4 cm³/mol. The molecule has 5 nitrogen and oxygen atoms in total. The minimum absolute atomic E-state index is 0.185. The Balaban J connectivity index is 1.42. The maximum absolute atomic E-state index is 14.6. The first-order chi connectivity index (χ1) is 11.8. The van der Waals surface area contributed by atoms with Gasteiger partial charge in [0, 0.05) is 37.8 Å². The smallest absolute Gasteiger partial charge is 0.155 e. The molecule has 2 heterocycles. The second-order valence-corrected chi connectivity index (χ2v) is 6.82. The van der Waals surface area contributed by atoms with Gasteiger partial charge in [0.25, 0.3) is 0 Å². The highest BCUT2D eigenvalue weighted by molar-refractivity contribution is 5.61. The summed E-state index contributed by atoms with van der Waals surface area (Å²) in [5, 5.41) is 6.59. The van der Waals surface area contributed by atoms with Crippen LogP contribution in [0.25, 0.3) is 11.4 Å². The monoisotopic (exact) mass is 329 g/mol. The van der Waals surface area contributed by atoms with Gasteiger partial charge in [0.1, 0.15) is 12.1 Å². The molecule has 1 saturated carbocycles. The summed E-state index contributed by atoms with van der Waals surface area (Å²) < 4.78 is 14.6. The summed E-state index contributed by atoms with van der Waals surface area (Å²) in [4.78, 5) is 8.85. The van der Waals surface area contributed by atoms with Gasteiger partial charge in [0.2, 0.25) is 0 Å². The third-order valence-electron chi connectivity index (χ3n) is 5.38. The number of benzene rings is 1. The molecule has 0 radical (unpaired) electrons. The van der Waals surface area contributed by atoms with Crippen molar-refractivity contribution in [3.63, 3.8) is 0 Å². The van der Waals surface area contributed by atoms with Crippen LogP contribution in [-0.4, -0.2) is 52.3 Å². The number of H-pyrrole nitrogens is 1. The molecule has 1 aromatic heterocycles. The van der Waals surface area contributed by atoms with E-state index in [1.54, 1.807) is 6.07 Å². The Hall–Kier alpha value is -1.95. The molecule has 0 atom stereocenters. The van der Waals surface area contributed by atoms with Crippen LogP contribution in [0.1, 0.15) is 32.1 Å². The number of aromatic amines is 1. The van der Waals surface area contributed by atoms with Gasteiger partial charge in [-0.2, -0.15) is 5.10 Å². The molecule has 24 heavy (non-hydrogen) atoms. The van der Waals surface area contributed by atoms with E-state index in [-0.39, 0.29) is 5.82 Å². The van der Waals surface area contributed by atoms with Crippen LogP contribution in [-0.2, 0) is 0 Å². The highest BCUT2D eigenvalue weighted by atomic mass is 19.1. The van der Waals surface area contributed by atoms with Gasteiger partial charge in [-0.1, -0.05) is 19.3 Å². The Morgan fingerprint density at radius 1 is 1.04 bits per heavy atom. The lowest BCUT2D eigenvalue weighted by Gasteiger charge is -2.41. The molecular weight excluding hydrogens is 305 g/mol. The van der Waals surface area contributed by atoms with Crippen LogP contribution in [0, 0.1) is 5.82 Å². The third-order valence-corrected chi connectivity index (χ3v) is 5.38. The molecule has 6 heteroatoms. The van der Waals surface area contributed by atoms with E-state index in [1.807, 2.05) is 12.1 Å². The highest BCUT2D eigenvalue weighted by Crippen LogP contribution is 2.28. The molecule has 0 unspecified atom stereocenters. The van der Waals surface area contributed by atoms with E-state index in [0.29, 0.717) is 11.5 Å². The Bertz CT molecular complexity index is 658. The first kappa shape index (κ1) is 15.6. The second-order valence-electron chi connectivity index (χ2n) is 6.82. The van der Waals surface area contributed by atoms with Crippen LogP contribution in [0.4, 0.5) is 10.1 Å². The van der Waals surface area contributed by atoms with Gasteiger partial charge in [0.05, 0.1) is 5.69 Å². The molecular formula is C18H24FN5. The maximum Gasteiger partial charge on any atom is 0.155 e. The summed E-state index contributed by atoms with van der Waals surface area (Å²) in [7, 11) is 0. The molecule has 2 aliphatic rings. The van der Waals surface area contributed by atoms with Crippen molar-refractivity contribution in [2.45, 2.75) is 38.1 Å². The van der Waals surface area contributed by atoms with E-state index in [2.05, 4.69) is 25.0 Å². The Labute approximate surface area is 141 Å². The lowest BCUT2D eigenvalue weighted by Crippen LogP contribution is -2.51. The highest BCUT2D eigenvalue weighted by Gasteiger charge is 2.26. The molecule has 1 N–H and O–H groups in total. The number of aromatic nitrogens is 3. The number of hydrogen-bond donors (Lipinski definition) is 1. The van der Waals surface area contributed by atoms with Crippen LogP contribution in [0.2, 0.25) is 0 Å². The number of anilines is 1. The molecule has 0 amide bonds. The number of rotatable bonds is 3. The van der Waals surface area contributed by atoms with Crippen LogP contribution < -0.4 is 4.90 Å². The molecule has 1 aromatic carbocycles. The van der Waals surface area contributed by atoms with E-state index in [0.717, 1.165) is 37.8 Å². The van der Waals surface area contributed by atoms with Crippen LogP contribution in [0.5, 0.6) is 0 Å². The third kappa shape index (κ3) is 3.15.